The van der Waals surface area contributed by atoms with Gasteiger partial charge in [-0.3, -0.25) is 0 Å². The van der Waals surface area contributed by atoms with Crippen LogP contribution in [0.5, 0.6) is 17.2 Å². The first-order valence-corrected chi connectivity index (χ1v) is 5.59. The molecule has 0 aliphatic rings. The number of carbonyl (C=O) groups excluding carboxylic acids is 1. The summed E-state index contributed by atoms with van der Waals surface area (Å²) in [6.07, 6.45) is 0.511. The number of ether oxygens (including phenoxy) is 4. The summed E-state index contributed by atoms with van der Waals surface area (Å²) < 4.78 is 43.3. The second-order valence-electron chi connectivity index (χ2n) is 3.49. The van der Waals surface area contributed by atoms with Gasteiger partial charge in [-0.15, -0.1) is 0 Å². The van der Waals surface area contributed by atoms with Gasteiger partial charge in [-0.1, -0.05) is 0 Å². The fraction of sp³-hybridized carbons (Fsp3) is 0.333. The van der Waals surface area contributed by atoms with E-state index in [2.05, 4.69) is 20.0 Å². The Kier molecular flexibility index (Phi) is 6.18. The van der Waals surface area contributed by atoms with Gasteiger partial charge in [0.05, 0.1) is 27.5 Å². The summed E-state index contributed by atoms with van der Waals surface area (Å²) in [7, 11) is 3.77. The molecule has 0 radical (unpaired) electrons. The first kappa shape index (κ1) is 16.5. The zero-order valence-electron chi connectivity index (χ0n) is 11.6. The number of nitrogens with zero attached hydrogens (tertiary/aromatic N) is 1. The lowest BCUT2D eigenvalue weighted by molar-refractivity contribution is -0.0526. The molecular formula is C12H14F2N2O5. The van der Waals surface area contributed by atoms with Crippen LogP contribution in [0.3, 0.4) is 0 Å². The maximum Gasteiger partial charge on any atom is 0.427 e. The molecule has 0 fully saturated rings. The summed E-state index contributed by atoms with van der Waals surface area (Å²) in [6.45, 7) is -3.02. The van der Waals surface area contributed by atoms with Crippen molar-refractivity contribution in [1.82, 2.24) is 5.43 Å². The quantitative estimate of drug-likeness (QED) is 0.642. The number of amides is 1. The van der Waals surface area contributed by atoms with Gasteiger partial charge in [0.25, 0.3) is 0 Å². The molecule has 116 valence electrons. The molecule has 0 aromatic heterocycles. The molecule has 0 saturated carbocycles. The number of hydrogen-bond donors (Lipinski definition) is 1. The van der Waals surface area contributed by atoms with Gasteiger partial charge in [-0.2, -0.15) is 13.9 Å². The molecule has 0 saturated heterocycles. The molecule has 0 atom stereocenters. The van der Waals surface area contributed by atoms with E-state index >= 15 is 0 Å². The van der Waals surface area contributed by atoms with Gasteiger partial charge >= 0.3 is 12.7 Å². The second kappa shape index (κ2) is 7.88. The summed E-state index contributed by atoms with van der Waals surface area (Å²) in [6, 6.07) is 2.78. The van der Waals surface area contributed by atoms with E-state index in [1.54, 1.807) is 0 Å². The zero-order valence-corrected chi connectivity index (χ0v) is 11.6. The largest absolute Gasteiger partial charge is 0.493 e. The minimum absolute atomic E-state index is 0.0363. The van der Waals surface area contributed by atoms with E-state index in [0.29, 0.717) is 5.56 Å². The molecule has 0 aliphatic carbocycles. The number of hydrogen-bond acceptors (Lipinski definition) is 6. The van der Waals surface area contributed by atoms with Gasteiger partial charge in [-0.05, 0) is 12.1 Å². The minimum Gasteiger partial charge on any atom is -0.493 e. The molecule has 1 amide bonds. The highest BCUT2D eigenvalue weighted by Crippen LogP contribution is 2.39. The van der Waals surface area contributed by atoms with Crippen molar-refractivity contribution >= 4 is 12.3 Å². The molecule has 1 rings (SSSR count). The Balaban J connectivity index is 3.05. The minimum atomic E-state index is -3.02. The first-order chi connectivity index (χ1) is 10.0. The third-order valence-corrected chi connectivity index (χ3v) is 2.24. The Morgan fingerprint density at radius 1 is 1.24 bits per heavy atom. The molecule has 0 bridgehead atoms. The molecule has 0 unspecified atom stereocenters. The lowest BCUT2D eigenvalue weighted by atomic mass is 10.2. The van der Waals surface area contributed by atoms with Crippen LogP contribution in [-0.2, 0) is 4.74 Å². The molecule has 1 N–H and O–H groups in total. The number of nitrogens with one attached hydrogen (secondary N) is 1. The topological polar surface area (TPSA) is 78.4 Å². The van der Waals surface area contributed by atoms with E-state index in [1.807, 2.05) is 0 Å². The average Bonchev–Trinajstić information content (AvgIpc) is 2.47. The fourth-order valence-electron chi connectivity index (χ4n) is 1.39. The van der Waals surface area contributed by atoms with E-state index in [1.165, 1.54) is 39.7 Å². The van der Waals surface area contributed by atoms with E-state index in [-0.39, 0.29) is 17.2 Å². The normalized spacial score (nSPS) is 10.6. The van der Waals surface area contributed by atoms with Crippen LogP contribution in [0.4, 0.5) is 13.6 Å². The standard InChI is InChI=1S/C12H14F2N2O5/c1-18-8-4-7(6-15-16-12(17)20-3)5-9(19-2)10(8)21-11(13)14/h4-6,11H,1-3H3,(H,16,17)/b15-6-. The number of carbonyl (C=O) groups is 1. The summed E-state index contributed by atoms with van der Waals surface area (Å²) in [5.74, 6) is -0.156. The molecule has 0 heterocycles. The van der Waals surface area contributed by atoms with Gasteiger partial charge in [0.15, 0.2) is 11.5 Å². The highest BCUT2D eigenvalue weighted by Gasteiger charge is 2.17. The Bertz CT molecular complexity index is 497. The first-order valence-electron chi connectivity index (χ1n) is 5.59. The van der Waals surface area contributed by atoms with Crippen LogP contribution in [0.25, 0.3) is 0 Å². The highest BCUT2D eigenvalue weighted by molar-refractivity contribution is 5.83. The Morgan fingerprint density at radius 3 is 2.24 bits per heavy atom. The molecule has 7 nitrogen and oxygen atoms in total. The van der Waals surface area contributed by atoms with E-state index < -0.39 is 12.7 Å². The summed E-state index contributed by atoms with van der Waals surface area (Å²) >= 11 is 0. The van der Waals surface area contributed by atoms with Crippen LogP contribution in [0.1, 0.15) is 5.56 Å². The van der Waals surface area contributed by atoms with E-state index in [9.17, 15) is 13.6 Å². The predicted octanol–water partition coefficient (Wildman–Crippen LogP) is 2.00. The molecular weight excluding hydrogens is 290 g/mol. The van der Waals surface area contributed by atoms with E-state index in [4.69, 9.17) is 9.47 Å². The van der Waals surface area contributed by atoms with Crippen molar-refractivity contribution < 1.29 is 32.5 Å². The average molecular weight is 304 g/mol. The second-order valence-corrected chi connectivity index (χ2v) is 3.49. The van der Waals surface area contributed by atoms with Crippen molar-refractivity contribution in [3.05, 3.63) is 17.7 Å². The van der Waals surface area contributed by atoms with Crippen LogP contribution >= 0.6 is 0 Å². The van der Waals surface area contributed by atoms with Gasteiger partial charge in [0, 0.05) is 5.56 Å². The summed E-state index contributed by atoms with van der Waals surface area (Å²) in [5.41, 5.74) is 2.51. The zero-order chi connectivity index (χ0) is 15.8. The number of alkyl halides is 2. The van der Waals surface area contributed by atoms with Gasteiger partial charge in [-0.25, -0.2) is 10.2 Å². The third kappa shape index (κ3) is 4.79. The molecule has 0 spiro atoms. The number of rotatable bonds is 6. The van der Waals surface area contributed by atoms with Gasteiger partial charge < -0.3 is 18.9 Å². The SMILES string of the molecule is COC(=O)N/N=C\c1cc(OC)c(OC(F)F)c(OC)c1. The molecule has 9 heteroatoms. The predicted molar refractivity (Wildman–Crippen MR) is 69.3 cm³/mol. The summed E-state index contributed by atoms with van der Waals surface area (Å²) in [4.78, 5) is 10.8. The Morgan fingerprint density at radius 2 is 1.81 bits per heavy atom. The highest BCUT2D eigenvalue weighted by atomic mass is 19.3. The van der Waals surface area contributed by atoms with Crippen molar-refractivity contribution in [3.63, 3.8) is 0 Å². The summed E-state index contributed by atoms with van der Waals surface area (Å²) in [5, 5.41) is 3.60. The van der Waals surface area contributed by atoms with Crippen molar-refractivity contribution in [2.45, 2.75) is 6.61 Å². The lowest BCUT2D eigenvalue weighted by Gasteiger charge is -2.14. The molecule has 21 heavy (non-hydrogen) atoms. The van der Waals surface area contributed by atoms with E-state index in [0.717, 1.165) is 0 Å². The molecule has 1 aromatic rings. The molecule has 0 aliphatic heterocycles. The van der Waals surface area contributed by atoms with Crippen LogP contribution in [0.15, 0.2) is 17.2 Å². The third-order valence-electron chi connectivity index (χ3n) is 2.24. The van der Waals surface area contributed by atoms with Crippen molar-refractivity contribution in [1.29, 1.82) is 0 Å². The van der Waals surface area contributed by atoms with Crippen LogP contribution in [0.2, 0.25) is 0 Å². The number of halogens is 2. The Hall–Kier alpha value is -2.58. The van der Waals surface area contributed by atoms with Crippen LogP contribution in [-0.4, -0.2) is 40.2 Å². The van der Waals surface area contributed by atoms with Crippen molar-refractivity contribution in [2.75, 3.05) is 21.3 Å². The van der Waals surface area contributed by atoms with Crippen LogP contribution < -0.4 is 19.6 Å². The maximum atomic E-state index is 12.4. The number of hydrazone groups is 1. The maximum absolute atomic E-state index is 12.4. The fourth-order valence-corrected chi connectivity index (χ4v) is 1.39. The monoisotopic (exact) mass is 304 g/mol. The smallest absolute Gasteiger partial charge is 0.427 e. The number of methoxy groups -OCH3 is 3. The molecule has 1 aromatic carbocycles. The van der Waals surface area contributed by atoms with Crippen molar-refractivity contribution in [3.8, 4) is 17.2 Å². The number of benzene rings is 1. The Labute approximate surface area is 119 Å². The van der Waals surface area contributed by atoms with Gasteiger partial charge in [0.2, 0.25) is 5.75 Å². The van der Waals surface area contributed by atoms with Crippen molar-refractivity contribution in [2.24, 2.45) is 5.10 Å². The lowest BCUT2D eigenvalue weighted by Crippen LogP contribution is -2.16. The van der Waals surface area contributed by atoms with Crippen LogP contribution in [0, 0.1) is 0 Å². The van der Waals surface area contributed by atoms with Gasteiger partial charge in [0.1, 0.15) is 0 Å².